The van der Waals surface area contributed by atoms with Crippen LogP contribution in [0.1, 0.15) is 49.3 Å². The van der Waals surface area contributed by atoms with E-state index < -0.39 is 0 Å². The van der Waals surface area contributed by atoms with Crippen LogP contribution in [0.3, 0.4) is 0 Å². The van der Waals surface area contributed by atoms with Gasteiger partial charge < -0.3 is 5.32 Å². The average Bonchev–Trinajstić information content (AvgIpc) is 2.94. The highest BCUT2D eigenvalue weighted by Crippen LogP contribution is 2.21. The first-order valence-electron chi connectivity index (χ1n) is 7.36. The minimum atomic E-state index is -0.0940. The van der Waals surface area contributed by atoms with Gasteiger partial charge in [-0.3, -0.25) is 14.5 Å². The van der Waals surface area contributed by atoms with Gasteiger partial charge in [-0.25, -0.2) is 0 Å². The van der Waals surface area contributed by atoms with E-state index in [1.54, 1.807) is 29.3 Å². The predicted molar refractivity (Wildman–Crippen MR) is 81.8 cm³/mol. The standard InChI is InChI=1S/C16H22N4O/c1-4-10-20-14(7-9-18-20)16(21)19-15(12(2)3)13-6-5-8-17-11-13/h5-9,11-12,15H,4,10H2,1-3H3,(H,19,21). The number of amides is 1. The van der Waals surface area contributed by atoms with Crippen molar-refractivity contribution in [1.29, 1.82) is 0 Å². The molecule has 1 unspecified atom stereocenters. The molecule has 0 aliphatic carbocycles. The van der Waals surface area contributed by atoms with Gasteiger partial charge in [0.2, 0.25) is 0 Å². The van der Waals surface area contributed by atoms with Crippen LogP contribution in [-0.4, -0.2) is 20.7 Å². The SMILES string of the molecule is CCCn1nccc1C(=O)NC(c1cccnc1)C(C)C. The maximum absolute atomic E-state index is 12.5. The Morgan fingerprint density at radius 1 is 1.33 bits per heavy atom. The van der Waals surface area contributed by atoms with Crippen molar-refractivity contribution in [3.63, 3.8) is 0 Å². The molecule has 112 valence electrons. The van der Waals surface area contributed by atoms with E-state index in [1.165, 1.54) is 0 Å². The normalized spacial score (nSPS) is 12.4. The van der Waals surface area contributed by atoms with Gasteiger partial charge in [0.15, 0.2) is 0 Å². The lowest BCUT2D eigenvalue weighted by Crippen LogP contribution is -2.33. The molecule has 1 amide bonds. The van der Waals surface area contributed by atoms with Crippen LogP contribution in [-0.2, 0) is 6.54 Å². The molecule has 2 heterocycles. The van der Waals surface area contributed by atoms with Gasteiger partial charge in [0.25, 0.3) is 5.91 Å². The molecule has 0 radical (unpaired) electrons. The minimum absolute atomic E-state index is 0.0591. The number of carbonyl (C=O) groups excluding carboxylic acids is 1. The number of nitrogens with one attached hydrogen (secondary N) is 1. The van der Waals surface area contributed by atoms with Crippen LogP contribution < -0.4 is 5.32 Å². The first-order chi connectivity index (χ1) is 10.1. The number of aryl methyl sites for hydroxylation is 1. The highest BCUT2D eigenvalue weighted by molar-refractivity contribution is 5.92. The van der Waals surface area contributed by atoms with E-state index in [1.807, 2.05) is 12.1 Å². The molecule has 0 spiro atoms. The van der Waals surface area contributed by atoms with Crippen LogP contribution >= 0.6 is 0 Å². The zero-order valence-corrected chi connectivity index (χ0v) is 12.8. The number of hydrogen-bond acceptors (Lipinski definition) is 3. The molecule has 2 aromatic rings. The molecule has 5 nitrogen and oxygen atoms in total. The fourth-order valence-corrected chi connectivity index (χ4v) is 2.33. The Balaban J connectivity index is 2.17. The van der Waals surface area contributed by atoms with Gasteiger partial charge >= 0.3 is 0 Å². The molecule has 0 aromatic carbocycles. The Kier molecular flexibility index (Phi) is 5.09. The summed E-state index contributed by atoms with van der Waals surface area (Å²) >= 11 is 0. The summed E-state index contributed by atoms with van der Waals surface area (Å²) in [6.45, 7) is 6.98. The lowest BCUT2D eigenvalue weighted by atomic mass is 9.97. The molecule has 0 saturated carbocycles. The largest absolute Gasteiger partial charge is 0.344 e. The second-order valence-electron chi connectivity index (χ2n) is 5.42. The van der Waals surface area contributed by atoms with Gasteiger partial charge in [0.1, 0.15) is 5.69 Å². The monoisotopic (exact) mass is 286 g/mol. The number of rotatable bonds is 6. The fourth-order valence-electron chi connectivity index (χ4n) is 2.33. The molecule has 1 atom stereocenters. The zero-order valence-electron chi connectivity index (χ0n) is 12.8. The molecule has 2 rings (SSSR count). The molecule has 5 heteroatoms. The Hall–Kier alpha value is -2.17. The Morgan fingerprint density at radius 3 is 2.76 bits per heavy atom. The zero-order chi connectivity index (χ0) is 15.2. The van der Waals surface area contributed by atoms with Crippen LogP contribution in [0.25, 0.3) is 0 Å². The molecule has 21 heavy (non-hydrogen) atoms. The van der Waals surface area contributed by atoms with E-state index in [-0.39, 0.29) is 17.9 Å². The molecule has 0 saturated heterocycles. The van der Waals surface area contributed by atoms with Gasteiger partial charge in [0.05, 0.1) is 6.04 Å². The summed E-state index contributed by atoms with van der Waals surface area (Å²) in [6.07, 6.45) is 6.14. The van der Waals surface area contributed by atoms with Crippen molar-refractivity contribution < 1.29 is 4.79 Å². The van der Waals surface area contributed by atoms with E-state index >= 15 is 0 Å². The van der Waals surface area contributed by atoms with Crippen molar-refractivity contribution in [2.24, 2.45) is 5.92 Å². The van der Waals surface area contributed by atoms with Crippen molar-refractivity contribution >= 4 is 5.91 Å². The quantitative estimate of drug-likeness (QED) is 0.888. The molecule has 2 aromatic heterocycles. The van der Waals surface area contributed by atoms with Crippen molar-refractivity contribution in [3.8, 4) is 0 Å². The van der Waals surface area contributed by atoms with Crippen LogP contribution in [0.5, 0.6) is 0 Å². The van der Waals surface area contributed by atoms with Crippen LogP contribution in [0.15, 0.2) is 36.8 Å². The number of pyridine rings is 1. The van der Waals surface area contributed by atoms with Gasteiger partial charge in [-0.05, 0) is 30.0 Å². The van der Waals surface area contributed by atoms with Crippen LogP contribution in [0, 0.1) is 5.92 Å². The number of hydrogen-bond donors (Lipinski definition) is 1. The first-order valence-corrected chi connectivity index (χ1v) is 7.36. The Labute approximate surface area is 125 Å². The summed E-state index contributed by atoms with van der Waals surface area (Å²) in [7, 11) is 0. The minimum Gasteiger partial charge on any atom is -0.344 e. The van der Waals surface area contributed by atoms with E-state index in [2.05, 4.69) is 36.2 Å². The second kappa shape index (κ2) is 7.02. The van der Waals surface area contributed by atoms with Crippen molar-refractivity contribution in [1.82, 2.24) is 20.1 Å². The fraction of sp³-hybridized carbons (Fsp3) is 0.438. The summed E-state index contributed by atoms with van der Waals surface area (Å²) < 4.78 is 1.75. The van der Waals surface area contributed by atoms with E-state index in [0.29, 0.717) is 5.69 Å². The number of carbonyl (C=O) groups is 1. The summed E-state index contributed by atoms with van der Waals surface area (Å²) in [4.78, 5) is 16.6. The smallest absolute Gasteiger partial charge is 0.270 e. The van der Waals surface area contributed by atoms with E-state index in [0.717, 1.165) is 18.5 Å². The maximum Gasteiger partial charge on any atom is 0.270 e. The molecule has 1 N–H and O–H groups in total. The molecule has 0 aliphatic heterocycles. The third-order valence-corrected chi connectivity index (χ3v) is 3.38. The molecule has 0 fully saturated rings. The van der Waals surface area contributed by atoms with Gasteiger partial charge in [-0.15, -0.1) is 0 Å². The lowest BCUT2D eigenvalue weighted by molar-refractivity contribution is 0.0914. The van der Waals surface area contributed by atoms with Crippen molar-refractivity contribution in [3.05, 3.63) is 48.0 Å². The lowest BCUT2D eigenvalue weighted by Gasteiger charge is -2.22. The maximum atomic E-state index is 12.5. The number of nitrogens with zero attached hydrogens (tertiary/aromatic N) is 3. The number of aromatic nitrogens is 3. The van der Waals surface area contributed by atoms with Gasteiger partial charge in [0, 0.05) is 25.1 Å². The summed E-state index contributed by atoms with van der Waals surface area (Å²) in [6, 6.07) is 5.57. The highest BCUT2D eigenvalue weighted by Gasteiger charge is 2.21. The van der Waals surface area contributed by atoms with E-state index in [9.17, 15) is 4.79 Å². The van der Waals surface area contributed by atoms with Gasteiger partial charge in [-0.1, -0.05) is 26.8 Å². The topological polar surface area (TPSA) is 59.8 Å². The van der Waals surface area contributed by atoms with Crippen molar-refractivity contribution in [2.75, 3.05) is 0 Å². The average molecular weight is 286 g/mol. The third-order valence-electron chi connectivity index (χ3n) is 3.38. The summed E-state index contributed by atoms with van der Waals surface area (Å²) in [5, 5.41) is 7.29. The van der Waals surface area contributed by atoms with Gasteiger partial charge in [-0.2, -0.15) is 5.10 Å². The Bertz CT molecular complexity index is 577. The molecular weight excluding hydrogens is 264 g/mol. The van der Waals surface area contributed by atoms with Crippen LogP contribution in [0.4, 0.5) is 0 Å². The summed E-state index contributed by atoms with van der Waals surface area (Å²) in [5.41, 5.74) is 1.62. The highest BCUT2D eigenvalue weighted by atomic mass is 16.2. The molecular formula is C16H22N4O. The van der Waals surface area contributed by atoms with Crippen molar-refractivity contribution in [2.45, 2.75) is 39.8 Å². The molecule has 0 bridgehead atoms. The predicted octanol–water partition coefficient (Wildman–Crippen LogP) is 2.82. The van der Waals surface area contributed by atoms with Crippen LogP contribution in [0.2, 0.25) is 0 Å². The first kappa shape index (κ1) is 15.2. The summed E-state index contributed by atoms with van der Waals surface area (Å²) in [5.74, 6) is 0.184. The molecule has 0 aliphatic rings. The third kappa shape index (κ3) is 3.68. The van der Waals surface area contributed by atoms with E-state index in [4.69, 9.17) is 0 Å². The second-order valence-corrected chi connectivity index (χ2v) is 5.42. The Morgan fingerprint density at radius 2 is 2.14 bits per heavy atom.